The van der Waals surface area contributed by atoms with Gasteiger partial charge >= 0.3 is 0 Å². The van der Waals surface area contributed by atoms with E-state index in [9.17, 15) is 4.79 Å². The Bertz CT molecular complexity index is 984. The molecule has 0 aliphatic carbocycles. The van der Waals surface area contributed by atoms with Gasteiger partial charge in [0.05, 0.1) is 5.56 Å². The Morgan fingerprint density at radius 3 is 2.57 bits per heavy atom. The number of nitrogens with zero attached hydrogens (tertiary/aromatic N) is 2. The first-order valence-corrected chi connectivity index (χ1v) is 10.2. The van der Waals surface area contributed by atoms with Crippen molar-refractivity contribution >= 4 is 17.0 Å². The van der Waals surface area contributed by atoms with Gasteiger partial charge in [-0.3, -0.25) is 4.79 Å². The zero-order chi connectivity index (χ0) is 19.1. The predicted octanol–water partition coefficient (Wildman–Crippen LogP) is 4.24. The van der Waals surface area contributed by atoms with Crippen molar-refractivity contribution in [2.75, 3.05) is 7.05 Å². The fourth-order valence-corrected chi connectivity index (χ4v) is 4.83. The first kappa shape index (κ1) is 17.4. The minimum atomic E-state index is -0.0611. The molecule has 2 aliphatic rings. The molecule has 0 saturated carbocycles. The molecule has 2 fully saturated rings. The van der Waals surface area contributed by atoms with E-state index in [1.165, 1.54) is 19.3 Å². The van der Waals surface area contributed by atoms with Crippen LogP contribution in [0.25, 0.3) is 22.6 Å². The van der Waals surface area contributed by atoms with Crippen molar-refractivity contribution in [2.45, 2.75) is 50.2 Å². The largest absolute Gasteiger partial charge is 0.435 e. The van der Waals surface area contributed by atoms with Crippen LogP contribution in [0.2, 0.25) is 0 Å². The van der Waals surface area contributed by atoms with Crippen molar-refractivity contribution < 1.29 is 9.21 Å². The van der Waals surface area contributed by atoms with Crippen molar-refractivity contribution in [3.8, 4) is 11.5 Å². The number of fused-ring (bicyclic) bond motifs is 3. The summed E-state index contributed by atoms with van der Waals surface area (Å²) < 4.78 is 6.01. The molecule has 5 rings (SSSR count). The van der Waals surface area contributed by atoms with Crippen molar-refractivity contribution in [1.29, 1.82) is 0 Å². The third-order valence-corrected chi connectivity index (χ3v) is 6.36. The Balaban J connectivity index is 1.40. The molecule has 144 valence electrons. The second-order valence-corrected chi connectivity index (χ2v) is 8.08. The quantitative estimate of drug-likeness (QED) is 0.744. The summed E-state index contributed by atoms with van der Waals surface area (Å²) in [6, 6.07) is 16.8. The Kier molecular flexibility index (Phi) is 4.40. The molecule has 3 heterocycles. The lowest BCUT2D eigenvalue weighted by molar-refractivity contribution is 0.0463. The summed E-state index contributed by atoms with van der Waals surface area (Å²) in [5.41, 5.74) is 2.75. The minimum Gasteiger partial charge on any atom is -0.435 e. The number of rotatable bonds is 3. The molecule has 3 aromatic rings. The highest BCUT2D eigenvalue weighted by atomic mass is 16.3. The number of hydrogen-bond donors (Lipinski definition) is 1. The van der Waals surface area contributed by atoms with E-state index in [1.807, 2.05) is 48.5 Å². The van der Waals surface area contributed by atoms with Crippen LogP contribution in [0, 0.1) is 0 Å². The summed E-state index contributed by atoms with van der Waals surface area (Å²) in [4.78, 5) is 20.1. The molecule has 5 heteroatoms. The van der Waals surface area contributed by atoms with Crippen LogP contribution in [-0.2, 0) is 0 Å². The summed E-state index contributed by atoms with van der Waals surface area (Å²) in [6.45, 7) is 0. The average Bonchev–Trinajstić information content (AvgIpc) is 3.14. The van der Waals surface area contributed by atoms with Gasteiger partial charge in [-0.05, 0) is 57.0 Å². The summed E-state index contributed by atoms with van der Waals surface area (Å²) >= 11 is 0. The molecule has 2 aromatic carbocycles. The predicted molar refractivity (Wildman–Crippen MR) is 109 cm³/mol. The molecule has 2 bridgehead atoms. The van der Waals surface area contributed by atoms with Gasteiger partial charge in [-0.15, -0.1) is 0 Å². The topological polar surface area (TPSA) is 58.4 Å². The molecule has 5 nitrogen and oxygen atoms in total. The Morgan fingerprint density at radius 2 is 1.82 bits per heavy atom. The molecule has 2 aliphatic heterocycles. The molecular formula is C23H25N3O2. The monoisotopic (exact) mass is 375 g/mol. The Morgan fingerprint density at radius 1 is 1.07 bits per heavy atom. The zero-order valence-electron chi connectivity index (χ0n) is 16.1. The second-order valence-electron chi connectivity index (χ2n) is 8.08. The van der Waals surface area contributed by atoms with Crippen LogP contribution in [0.3, 0.4) is 0 Å². The Hall–Kier alpha value is -2.66. The fourth-order valence-electron chi connectivity index (χ4n) is 4.83. The number of oxazole rings is 1. The third-order valence-electron chi connectivity index (χ3n) is 6.36. The highest BCUT2D eigenvalue weighted by Gasteiger charge is 2.36. The number of hydrogen-bond acceptors (Lipinski definition) is 4. The fraction of sp³-hybridized carbons (Fsp3) is 0.391. The first-order chi connectivity index (χ1) is 13.7. The van der Waals surface area contributed by atoms with Gasteiger partial charge in [-0.1, -0.05) is 30.7 Å². The number of aromatic nitrogens is 1. The number of piperidine rings is 2. The van der Waals surface area contributed by atoms with E-state index < -0.39 is 0 Å². The first-order valence-electron chi connectivity index (χ1n) is 10.2. The molecular weight excluding hydrogens is 350 g/mol. The van der Waals surface area contributed by atoms with Gasteiger partial charge in [0.2, 0.25) is 5.89 Å². The molecule has 2 saturated heterocycles. The van der Waals surface area contributed by atoms with Gasteiger partial charge in [0.15, 0.2) is 5.58 Å². The van der Waals surface area contributed by atoms with E-state index in [4.69, 9.17) is 4.42 Å². The maximum absolute atomic E-state index is 13.1. The maximum atomic E-state index is 13.1. The van der Waals surface area contributed by atoms with Crippen LogP contribution in [0.4, 0.5) is 0 Å². The standard InChI is InChI=1S/C23H25N3O2/c1-26-17-9-5-10-18(26)14-16(13-17)24-22(27)19-11-6-12-20-21(19)28-23(25-20)15-7-3-2-4-8-15/h2-4,6-8,11-12,16-18H,5,9-10,13-14H2,1H3,(H,24,27)/t16?,17-,18+. The zero-order valence-corrected chi connectivity index (χ0v) is 16.1. The highest BCUT2D eigenvalue weighted by molar-refractivity contribution is 6.04. The van der Waals surface area contributed by atoms with E-state index in [1.54, 1.807) is 0 Å². The van der Waals surface area contributed by atoms with Gasteiger partial charge in [0.1, 0.15) is 5.52 Å². The van der Waals surface area contributed by atoms with Crippen LogP contribution >= 0.6 is 0 Å². The molecule has 1 aromatic heterocycles. The summed E-state index contributed by atoms with van der Waals surface area (Å²) in [7, 11) is 2.23. The number of carbonyl (C=O) groups excluding carboxylic acids is 1. The summed E-state index contributed by atoms with van der Waals surface area (Å²) in [5, 5.41) is 3.27. The normalized spacial score (nSPS) is 25.0. The van der Waals surface area contributed by atoms with E-state index in [-0.39, 0.29) is 11.9 Å². The molecule has 0 radical (unpaired) electrons. The number of benzene rings is 2. The van der Waals surface area contributed by atoms with Gasteiger partial charge in [-0.2, -0.15) is 0 Å². The van der Waals surface area contributed by atoms with E-state index in [0.29, 0.717) is 34.6 Å². The molecule has 1 amide bonds. The smallest absolute Gasteiger partial charge is 0.255 e. The Labute approximate surface area is 164 Å². The molecule has 1 N–H and O–H groups in total. The lowest BCUT2D eigenvalue weighted by atomic mass is 9.82. The lowest BCUT2D eigenvalue weighted by Gasteiger charge is -2.47. The summed E-state index contributed by atoms with van der Waals surface area (Å²) in [6.07, 6.45) is 5.83. The number of para-hydroxylation sites is 1. The van der Waals surface area contributed by atoms with Crippen LogP contribution in [0.1, 0.15) is 42.5 Å². The lowest BCUT2D eigenvalue weighted by Crippen LogP contribution is -2.55. The number of nitrogens with one attached hydrogen (secondary N) is 1. The van der Waals surface area contributed by atoms with Gasteiger partial charge in [-0.25, -0.2) is 4.98 Å². The molecule has 1 unspecified atom stereocenters. The van der Waals surface area contributed by atoms with E-state index in [2.05, 4.69) is 22.2 Å². The van der Waals surface area contributed by atoms with Crippen LogP contribution in [0.15, 0.2) is 52.9 Å². The van der Waals surface area contributed by atoms with Crippen LogP contribution < -0.4 is 5.32 Å². The molecule has 28 heavy (non-hydrogen) atoms. The van der Waals surface area contributed by atoms with Crippen molar-refractivity contribution in [3.63, 3.8) is 0 Å². The third kappa shape index (κ3) is 3.10. The van der Waals surface area contributed by atoms with Gasteiger partial charge in [0, 0.05) is 23.7 Å². The van der Waals surface area contributed by atoms with Crippen molar-refractivity contribution in [2.24, 2.45) is 0 Å². The minimum absolute atomic E-state index is 0.0611. The maximum Gasteiger partial charge on any atom is 0.255 e. The van der Waals surface area contributed by atoms with Crippen molar-refractivity contribution in [3.05, 3.63) is 54.1 Å². The van der Waals surface area contributed by atoms with Gasteiger partial charge < -0.3 is 14.6 Å². The molecule has 0 spiro atoms. The molecule has 3 atom stereocenters. The van der Waals surface area contributed by atoms with E-state index >= 15 is 0 Å². The SMILES string of the molecule is CN1[C@@H]2CCC[C@H]1CC(NC(=O)c1cccc3nc(-c4ccccc4)oc13)C2. The van der Waals surface area contributed by atoms with Crippen molar-refractivity contribution in [1.82, 2.24) is 15.2 Å². The van der Waals surface area contributed by atoms with Gasteiger partial charge in [0.25, 0.3) is 5.91 Å². The number of carbonyl (C=O) groups is 1. The summed E-state index contributed by atoms with van der Waals surface area (Å²) in [5.74, 6) is 0.485. The highest BCUT2D eigenvalue weighted by Crippen LogP contribution is 2.33. The number of amides is 1. The van der Waals surface area contributed by atoms with E-state index in [0.717, 1.165) is 18.4 Å². The average molecular weight is 375 g/mol. The van der Waals surface area contributed by atoms with Crippen LogP contribution in [-0.4, -0.2) is 41.0 Å². The van der Waals surface area contributed by atoms with Crippen LogP contribution in [0.5, 0.6) is 0 Å². The second kappa shape index (κ2) is 7.06.